The number of carboxylic acid groups (broad SMARTS) is 1. The van der Waals surface area contributed by atoms with Gasteiger partial charge in [0.15, 0.2) is 0 Å². The number of unbranched alkanes of at least 4 members (excludes halogenated alkanes) is 1. The first-order chi connectivity index (χ1) is 14.2. The fourth-order valence-electron chi connectivity index (χ4n) is 2.97. The van der Waals surface area contributed by atoms with Crippen molar-refractivity contribution in [1.29, 1.82) is 0 Å². The summed E-state index contributed by atoms with van der Waals surface area (Å²) in [6, 6.07) is 13.2. The monoisotopic (exact) mass is 409 g/mol. The van der Waals surface area contributed by atoms with Crippen LogP contribution in [0.15, 0.2) is 59.9 Å². The summed E-state index contributed by atoms with van der Waals surface area (Å²) in [6.45, 7) is 11.1. The van der Waals surface area contributed by atoms with Crippen LogP contribution >= 0.6 is 0 Å². The molecule has 0 aliphatic carbocycles. The van der Waals surface area contributed by atoms with Gasteiger partial charge in [-0.05, 0) is 60.2 Å². The average molecular weight is 410 g/mol. The molecule has 0 saturated heterocycles. The molecule has 0 unspecified atom stereocenters. The standard InChI is InChI=1S/C18H17NO2.C4H10.C3H4O2/c1-11-8-14(20)9-12(2)17(11)15-10-13-6-4-5-7-16(13)19(3)18(15)21;1-3-4-2;1-2-3(4)5/h4-10,20H,1-3H3;3-4H2,1-2H3;2H,1H2,(H,4,5). The van der Waals surface area contributed by atoms with Gasteiger partial charge >= 0.3 is 5.97 Å². The Morgan fingerprint density at radius 1 is 1.07 bits per heavy atom. The van der Waals surface area contributed by atoms with Crippen molar-refractivity contribution >= 4 is 16.9 Å². The summed E-state index contributed by atoms with van der Waals surface area (Å²) in [7, 11) is 1.79. The largest absolute Gasteiger partial charge is 0.508 e. The molecule has 0 amide bonds. The van der Waals surface area contributed by atoms with Gasteiger partial charge in [0.2, 0.25) is 0 Å². The zero-order chi connectivity index (χ0) is 22.8. The molecule has 0 saturated carbocycles. The Balaban J connectivity index is 0.000000425. The molecular weight excluding hydrogens is 378 g/mol. The number of hydrogen-bond donors (Lipinski definition) is 2. The molecule has 1 aromatic heterocycles. The van der Waals surface area contributed by atoms with Gasteiger partial charge in [-0.15, -0.1) is 0 Å². The first-order valence-electron chi connectivity index (χ1n) is 9.92. The van der Waals surface area contributed by atoms with Crippen LogP contribution in [0.4, 0.5) is 0 Å². The molecule has 2 N–H and O–H groups in total. The second-order valence-corrected chi connectivity index (χ2v) is 6.98. The van der Waals surface area contributed by atoms with Crippen molar-refractivity contribution in [2.45, 2.75) is 40.5 Å². The fraction of sp³-hybridized carbons (Fsp3) is 0.280. The van der Waals surface area contributed by atoms with Gasteiger partial charge in [-0.3, -0.25) is 4.79 Å². The number of aryl methyl sites for hydroxylation is 3. The topological polar surface area (TPSA) is 79.5 Å². The molecule has 2 aromatic carbocycles. The maximum Gasteiger partial charge on any atom is 0.327 e. The Morgan fingerprint density at radius 3 is 2.03 bits per heavy atom. The van der Waals surface area contributed by atoms with E-state index in [-0.39, 0.29) is 11.3 Å². The average Bonchev–Trinajstić information content (AvgIpc) is 2.71. The van der Waals surface area contributed by atoms with Gasteiger partial charge in [0, 0.05) is 18.7 Å². The molecule has 5 heteroatoms. The maximum atomic E-state index is 12.7. The van der Waals surface area contributed by atoms with Gasteiger partial charge in [-0.25, -0.2) is 4.79 Å². The van der Waals surface area contributed by atoms with Crippen LogP contribution in [0, 0.1) is 13.8 Å². The number of nitrogens with zero attached hydrogens (tertiary/aromatic N) is 1. The van der Waals surface area contributed by atoms with E-state index < -0.39 is 5.97 Å². The minimum atomic E-state index is -0.981. The molecule has 1 heterocycles. The number of aliphatic carboxylic acids is 1. The Labute approximate surface area is 177 Å². The molecule has 3 rings (SSSR count). The number of para-hydroxylation sites is 1. The molecule has 30 heavy (non-hydrogen) atoms. The summed E-state index contributed by atoms with van der Waals surface area (Å²) >= 11 is 0. The van der Waals surface area contributed by atoms with Crippen molar-refractivity contribution in [3.05, 3.63) is 76.6 Å². The van der Waals surface area contributed by atoms with E-state index in [0.29, 0.717) is 5.56 Å². The summed E-state index contributed by atoms with van der Waals surface area (Å²) < 4.78 is 1.68. The van der Waals surface area contributed by atoms with Crippen LogP contribution in [0.1, 0.15) is 37.8 Å². The molecule has 0 atom stereocenters. The van der Waals surface area contributed by atoms with E-state index in [1.165, 1.54) is 12.8 Å². The highest BCUT2D eigenvalue weighted by atomic mass is 16.4. The summed E-state index contributed by atoms with van der Waals surface area (Å²) in [5, 5.41) is 18.3. The summed E-state index contributed by atoms with van der Waals surface area (Å²) in [6.07, 6.45) is 3.47. The lowest BCUT2D eigenvalue weighted by Crippen LogP contribution is -2.19. The van der Waals surface area contributed by atoms with E-state index in [0.717, 1.165) is 33.7 Å². The van der Waals surface area contributed by atoms with E-state index >= 15 is 0 Å². The smallest absolute Gasteiger partial charge is 0.327 e. The van der Waals surface area contributed by atoms with Crippen molar-refractivity contribution in [2.24, 2.45) is 7.05 Å². The Kier molecular flexibility index (Phi) is 9.56. The second kappa shape index (κ2) is 11.6. The van der Waals surface area contributed by atoms with Crippen molar-refractivity contribution in [2.75, 3.05) is 0 Å². The number of rotatable bonds is 3. The van der Waals surface area contributed by atoms with E-state index in [4.69, 9.17) is 5.11 Å². The van der Waals surface area contributed by atoms with Crippen molar-refractivity contribution in [3.8, 4) is 16.9 Å². The number of carboxylic acids is 1. The lowest BCUT2D eigenvalue weighted by atomic mass is 9.95. The number of phenols is 1. The summed E-state index contributed by atoms with van der Waals surface area (Å²) in [5.74, 6) is -0.753. The van der Waals surface area contributed by atoms with E-state index in [1.54, 1.807) is 23.7 Å². The van der Waals surface area contributed by atoms with Gasteiger partial charge in [0.05, 0.1) is 5.52 Å². The molecule has 0 fully saturated rings. The van der Waals surface area contributed by atoms with E-state index in [9.17, 15) is 14.7 Å². The molecule has 0 radical (unpaired) electrons. The number of carbonyl (C=O) groups is 1. The van der Waals surface area contributed by atoms with Crippen molar-refractivity contribution < 1.29 is 15.0 Å². The summed E-state index contributed by atoms with van der Waals surface area (Å²) in [4.78, 5) is 21.9. The summed E-state index contributed by atoms with van der Waals surface area (Å²) in [5.41, 5.74) is 4.27. The van der Waals surface area contributed by atoms with Gasteiger partial charge in [0.1, 0.15) is 5.75 Å². The van der Waals surface area contributed by atoms with Crippen LogP contribution in [-0.4, -0.2) is 20.7 Å². The number of aromatic nitrogens is 1. The number of pyridine rings is 1. The molecule has 0 aliphatic heterocycles. The third-order valence-electron chi connectivity index (χ3n) is 4.59. The quantitative estimate of drug-likeness (QED) is 0.553. The highest BCUT2D eigenvalue weighted by Crippen LogP contribution is 2.30. The number of fused-ring (bicyclic) bond motifs is 1. The molecule has 5 nitrogen and oxygen atoms in total. The molecule has 3 aromatic rings. The van der Waals surface area contributed by atoms with Crippen LogP contribution in [-0.2, 0) is 11.8 Å². The van der Waals surface area contributed by atoms with Crippen LogP contribution in [0.25, 0.3) is 22.0 Å². The fourth-order valence-corrected chi connectivity index (χ4v) is 2.97. The zero-order valence-electron chi connectivity index (χ0n) is 18.4. The second-order valence-electron chi connectivity index (χ2n) is 6.98. The minimum absolute atomic E-state index is 0.0226. The zero-order valence-corrected chi connectivity index (χ0v) is 18.4. The van der Waals surface area contributed by atoms with Crippen molar-refractivity contribution in [1.82, 2.24) is 4.57 Å². The molecule has 0 aliphatic rings. The van der Waals surface area contributed by atoms with Gasteiger partial charge in [0.25, 0.3) is 5.56 Å². The van der Waals surface area contributed by atoms with Crippen molar-refractivity contribution in [3.63, 3.8) is 0 Å². The minimum Gasteiger partial charge on any atom is -0.508 e. The van der Waals surface area contributed by atoms with Crippen LogP contribution in [0.5, 0.6) is 5.75 Å². The molecule has 160 valence electrons. The molecule has 0 bridgehead atoms. The van der Waals surface area contributed by atoms with Crippen LogP contribution in [0.3, 0.4) is 0 Å². The first-order valence-corrected chi connectivity index (χ1v) is 9.92. The first kappa shape index (κ1) is 24.7. The van der Waals surface area contributed by atoms with E-state index in [2.05, 4.69) is 20.4 Å². The highest BCUT2D eigenvalue weighted by Gasteiger charge is 2.13. The predicted octanol–water partition coefficient (Wildman–Crippen LogP) is 5.59. The number of hydrogen-bond acceptors (Lipinski definition) is 3. The predicted molar refractivity (Wildman–Crippen MR) is 124 cm³/mol. The Morgan fingerprint density at radius 2 is 1.57 bits per heavy atom. The Bertz CT molecular complexity index is 1060. The molecular formula is C25H31NO4. The van der Waals surface area contributed by atoms with Gasteiger partial charge < -0.3 is 14.8 Å². The number of benzene rings is 2. The number of aromatic hydroxyl groups is 1. The Hall–Kier alpha value is -3.34. The number of phenolic OH excluding ortho intramolecular Hbond substituents is 1. The third-order valence-corrected chi connectivity index (χ3v) is 4.59. The maximum absolute atomic E-state index is 12.7. The van der Waals surface area contributed by atoms with Gasteiger partial charge in [-0.2, -0.15) is 0 Å². The van der Waals surface area contributed by atoms with Crippen LogP contribution < -0.4 is 5.56 Å². The highest BCUT2D eigenvalue weighted by molar-refractivity contribution is 5.85. The van der Waals surface area contributed by atoms with E-state index in [1.807, 2.05) is 44.2 Å². The third kappa shape index (κ3) is 6.34. The SMILES string of the molecule is C=CC(=O)O.CCCC.Cc1cc(O)cc(C)c1-c1cc2ccccc2n(C)c1=O. The lowest BCUT2D eigenvalue weighted by molar-refractivity contribution is -0.131. The molecule has 0 spiro atoms. The van der Waals surface area contributed by atoms with Crippen LogP contribution in [0.2, 0.25) is 0 Å². The lowest BCUT2D eigenvalue weighted by Gasteiger charge is -2.13. The van der Waals surface area contributed by atoms with Gasteiger partial charge in [-0.1, -0.05) is 51.5 Å². The normalized spacial score (nSPS) is 9.77.